The number of nitrogens with one attached hydrogen (secondary N) is 1. The normalized spacial score (nSPS) is 12.6. The molecule has 0 saturated heterocycles. The van der Waals surface area contributed by atoms with Crippen LogP contribution in [0.25, 0.3) is 0 Å². The minimum atomic E-state index is -0.526. The van der Waals surface area contributed by atoms with E-state index in [2.05, 4.69) is 10.4 Å². The van der Waals surface area contributed by atoms with Gasteiger partial charge in [0.15, 0.2) is 0 Å². The van der Waals surface area contributed by atoms with Crippen molar-refractivity contribution in [2.75, 3.05) is 7.05 Å². The first-order valence-electron chi connectivity index (χ1n) is 6.28. The number of halogens is 2. The van der Waals surface area contributed by atoms with Crippen LogP contribution in [-0.2, 0) is 13.0 Å². The third kappa shape index (κ3) is 2.98. The lowest BCUT2D eigenvalue weighted by atomic mass is 10.00. The third-order valence-electron chi connectivity index (χ3n) is 3.15. The summed E-state index contributed by atoms with van der Waals surface area (Å²) >= 11 is 0. The Morgan fingerprint density at radius 1 is 1.32 bits per heavy atom. The van der Waals surface area contributed by atoms with E-state index in [1.54, 1.807) is 17.9 Å². The van der Waals surface area contributed by atoms with Crippen molar-refractivity contribution in [2.24, 2.45) is 0 Å². The zero-order valence-electron chi connectivity index (χ0n) is 11.0. The van der Waals surface area contributed by atoms with Gasteiger partial charge in [-0.05, 0) is 38.1 Å². The van der Waals surface area contributed by atoms with Crippen molar-refractivity contribution in [3.63, 3.8) is 0 Å². The lowest BCUT2D eigenvalue weighted by molar-refractivity contribution is 0.489. The summed E-state index contributed by atoms with van der Waals surface area (Å²) in [5.41, 5.74) is 1.03. The fourth-order valence-electron chi connectivity index (χ4n) is 2.11. The molecule has 19 heavy (non-hydrogen) atoms. The summed E-state index contributed by atoms with van der Waals surface area (Å²) in [5.74, 6) is -1.05. The molecule has 0 spiro atoms. The van der Waals surface area contributed by atoms with Crippen molar-refractivity contribution in [1.82, 2.24) is 15.1 Å². The molecule has 1 atom stereocenters. The van der Waals surface area contributed by atoms with Crippen LogP contribution in [0.5, 0.6) is 0 Å². The van der Waals surface area contributed by atoms with Gasteiger partial charge in [0.2, 0.25) is 0 Å². The van der Waals surface area contributed by atoms with Crippen LogP contribution >= 0.6 is 0 Å². The van der Waals surface area contributed by atoms with Gasteiger partial charge in [0.1, 0.15) is 11.6 Å². The standard InChI is InChI=1S/C14H17F2N3/c1-3-19-9-10(8-18-19)7-13(17-2)14-11(15)5-4-6-12(14)16/h4-6,8-9,13,17H,3,7H2,1-2H3. The molecule has 3 nitrogen and oxygen atoms in total. The molecular formula is C14H17F2N3. The van der Waals surface area contributed by atoms with Crippen LogP contribution < -0.4 is 5.32 Å². The van der Waals surface area contributed by atoms with Crippen molar-refractivity contribution in [1.29, 1.82) is 0 Å². The molecule has 0 aliphatic rings. The van der Waals surface area contributed by atoms with Gasteiger partial charge in [0, 0.05) is 24.3 Å². The highest BCUT2D eigenvalue weighted by Gasteiger charge is 2.19. The predicted octanol–water partition coefficient (Wildman–Crippen LogP) is 2.68. The lowest BCUT2D eigenvalue weighted by Gasteiger charge is -2.17. The second-order valence-corrected chi connectivity index (χ2v) is 4.38. The SMILES string of the molecule is CCn1cc(CC(NC)c2c(F)cccc2F)cn1. The summed E-state index contributed by atoms with van der Waals surface area (Å²) in [4.78, 5) is 0. The minimum absolute atomic E-state index is 0.0780. The number of rotatable bonds is 5. The number of benzene rings is 1. The van der Waals surface area contributed by atoms with Crippen molar-refractivity contribution < 1.29 is 8.78 Å². The Kier molecular flexibility index (Phi) is 4.27. The lowest BCUT2D eigenvalue weighted by Crippen LogP contribution is -2.21. The quantitative estimate of drug-likeness (QED) is 0.900. The maximum absolute atomic E-state index is 13.8. The van der Waals surface area contributed by atoms with Crippen molar-refractivity contribution in [3.8, 4) is 0 Å². The van der Waals surface area contributed by atoms with Gasteiger partial charge in [-0.15, -0.1) is 0 Å². The highest BCUT2D eigenvalue weighted by atomic mass is 19.1. The van der Waals surface area contributed by atoms with E-state index in [9.17, 15) is 8.78 Å². The van der Waals surface area contributed by atoms with E-state index >= 15 is 0 Å². The number of nitrogens with zero attached hydrogens (tertiary/aromatic N) is 2. The molecule has 0 amide bonds. The van der Waals surface area contributed by atoms with Crippen LogP contribution in [0.15, 0.2) is 30.6 Å². The second kappa shape index (κ2) is 5.93. The Balaban J connectivity index is 2.25. The third-order valence-corrected chi connectivity index (χ3v) is 3.15. The van der Waals surface area contributed by atoms with Gasteiger partial charge < -0.3 is 5.32 Å². The molecule has 0 saturated carbocycles. The van der Waals surface area contributed by atoms with Crippen LogP contribution in [0.3, 0.4) is 0 Å². The molecule has 0 aliphatic carbocycles. The number of aryl methyl sites for hydroxylation is 1. The van der Waals surface area contributed by atoms with Gasteiger partial charge in [-0.3, -0.25) is 4.68 Å². The maximum Gasteiger partial charge on any atom is 0.130 e. The number of hydrogen-bond donors (Lipinski definition) is 1. The Morgan fingerprint density at radius 3 is 2.53 bits per heavy atom. The van der Waals surface area contributed by atoms with Gasteiger partial charge in [-0.25, -0.2) is 8.78 Å². The Morgan fingerprint density at radius 2 is 2.00 bits per heavy atom. The van der Waals surface area contributed by atoms with Crippen LogP contribution in [0.1, 0.15) is 24.1 Å². The topological polar surface area (TPSA) is 29.9 Å². The first kappa shape index (κ1) is 13.7. The zero-order chi connectivity index (χ0) is 13.8. The number of hydrogen-bond acceptors (Lipinski definition) is 2. The van der Waals surface area contributed by atoms with Crippen molar-refractivity contribution >= 4 is 0 Å². The fourth-order valence-corrected chi connectivity index (χ4v) is 2.11. The molecule has 1 N–H and O–H groups in total. The molecule has 5 heteroatoms. The van der Waals surface area contributed by atoms with E-state index in [4.69, 9.17) is 0 Å². The van der Waals surface area contributed by atoms with Crippen molar-refractivity contribution in [3.05, 3.63) is 53.4 Å². The summed E-state index contributed by atoms with van der Waals surface area (Å²) in [5, 5.41) is 7.12. The Labute approximate surface area is 111 Å². The van der Waals surface area contributed by atoms with E-state index in [0.717, 1.165) is 12.1 Å². The number of likely N-dealkylation sites (N-methyl/N-ethyl adjacent to an activating group) is 1. The molecule has 1 aromatic carbocycles. The molecule has 2 rings (SSSR count). The van der Waals surface area contributed by atoms with Gasteiger partial charge >= 0.3 is 0 Å². The molecule has 2 aromatic rings. The number of aromatic nitrogens is 2. The van der Waals surface area contributed by atoms with E-state index in [1.165, 1.54) is 18.2 Å². The van der Waals surface area contributed by atoms with E-state index < -0.39 is 17.7 Å². The average molecular weight is 265 g/mol. The van der Waals surface area contributed by atoms with E-state index in [1.807, 2.05) is 13.1 Å². The fraction of sp³-hybridized carbons (Fsp3) is 0.357. The summed E-state index contributed by atoms with van der Waals surface area (Å²) < 4.78 is 29.3. The van der Waals surface area contributed by atoms with Gasteiger partial charge in [0.05, 0.1) is 6.20 Å². The van der Waals surface area contributed by atoms with Gasteiger partial charge in [-0.1, -0.05) is 6.07 Å². The molecular weight excluding hydrogens is 248 g/mol. The molecule has 1 unspecified atom stereocenters. The van der Waals surface area contributed by atoms with Crippen LogP contribution in [0.4, 0.5) is 8.78 Å². The molecule has 102 valence electrons. The second-order valence-electron chi connectivity index (χ2n) is 4.38. The van der Waals surface area contributed by atoms with E-state index in [0.29, 0.717) is 6.42 Å². The van der Waals surface area contributed by atoms with Crippen molar-refractivity contribution in [2.45, 2.75) is 25.9 Å². The monoisotopic (exact) mass is 265 g/mol. The highest BCUT2D eigenvalue weighted by molar-refractivity contribution is 5.25. The first-order chi connectivity index (χ1) is 9.15. The largest absolute Gasteiger partial charge is 0.313 e. The smallest absolute Gasteiger partial charge is 0.130 e. The van der Waals surface area contributed by atoms with Crippen LogP contribution in [0.2, 0.25) is 0 Å². The molecule has 0 fully saturated rings. The molecule has 0 bridgehead atoms. The van der Waals surface area contributed by atoms with E-state index in [-0.39, 0.29) is 5.56 Å². The maximum atomic E-state index is 13.8. The Hall–Kier alpha value is -1.75. The first-order valence-corrected chi connectivity index (χ1v) is 6.28. The molecule has 1 aromatic heterocycles. The predicted molar refractivity (Wildman–Crippen MR) is 69.8 cm³/mol. The average Bonchev–Trinajstić information content (AvgIpc) is 2.85. The summed E-state index contributed by atoms with van der Waals surface area (Å²) in [6, 6.07) is 3.52. The zero-order valence-corrected chi connectivity index (χ0v) is 11.0. The summed E-state index contributed by atoms with van der Waals surface area (Å²) in [7, 11) is 1.70. The molecule has 1 heterocycles. The van der Waals surface area contributed by atoms with Crippen LogP contribution in [0, 0.1) is 11.6 Å². The van der Waals surface area contributed by atoms with Gasteiger partial charge in [0.25, 0.3) is 0 Å². The Bertz CT molecular complexity index is 531. The molecule has 0 aliphatic heterocycles. The van der Waals surface area contributed by atoms with Gasteiger partial charge in [-0.2, -0.15) is 5.10 Å². The van der Waals surface area contributed by atoms with Crippen LogP contribution in [-0.4, -0.2) is 16.8 Å². The summed E-state index contributed by atoms with van der Waals surface area (Å²) in [6.07, 6.45) is 4.12. The minimum Gasteiger partial charge on any atom is -0.313 e. The highest BCUT2D eigenvalue weighted by Crippen LogP contribution is 2.23. The molecule has 0 radical (unpaired) electrons. The summed E-state index contributed by atoms with van der Waals surface area (Å²) in [6.45, 7) is 2.77.